The van der Waals surface area contributed by atoms with Gasteiger partial charge in [-0.25, -0.2) is 0 Å². The Hall–Kier alpha value is -0.870. The molecule has 0 aliphatic carbocycles. The van der Waals surface area contributed by atoms with E-state index >= 15 is 0 Å². The highest BCUT2D eigenvalue weighted by Gasteiger charge is 1.94. The summed E-state index contributed by atoms with van der Waals surface area (Å²) in [4.78, 5) is 1.26. The molecule has 0 spiro atoms. The zero-order valence-corrected chi connectivity index (χ0v) is 8.98. The van der Waals surface area contributed by atoms with Gasteiger partial charge in [0.25, 0.3) is 0 Å². The fourth-order valence-corrected chi connectivity index (χ4v) is 1.73. The minimum Gasteiger partial charge on any atom is -0.388 e. The summed E-state index contributed by atoms with van der Waals surface area (Å²) < 4.78 is 5.46. The number of rotatable bonds is 7. The summed E-state index contributed by atoms with van der Waals surface area (Å²) >= 11 is 1.71. The largest absolute Gasteiger partial charge is 0.388 e. The summed E-state index contributed by atoms with van der Waals surface area (Å²) in [6.45, 7) is 1.46. The van der Waals surface area contributed by atoms with Gasteiger partial charge in [-0.3, -0.25) is 5.41 Å². The van der Waals surface area contributed by atoms with Crippen LogP contribution in [0.2, 0.25) is 0 Å². The maximum Gasteiger partial charge on any atom is 0.0905 e. The molecule has 78 valence electrons. The van der Waals surface area contributed by atoms with E-state index in [-0.39, 0.29) is 5.84 Å². The predicted molar refractivity (Wildman–Crippen MR) is 59.7 cm³/mol. The number of nitrogens with two attached hydrogens (primary N) is 1. The molecule has 0 saturated heterocycles. The van der Waals surface area contributed by atoms with E-state index in [0.29, 0.717) is 13.0 Å². The number of unbranched alkanes of at least 4 members (excludes halogenated alkanes) is 1. The van der Waals surface area contributed by atoms with Crippen LogP contribution in [0.15, 0.2) is 17.5 Å². The van der Waals surface area contributed by atoms with Crippen LogP contribution in [-0.2, 0) is 11.3 Å². The number of hydrogen-bond acceptors (Lipinski definition) is 3. The third kappa shape index (κ3) is 4.99. The first kappa shape index (κ1) is 11.2. The molecule has 1 rings (SSSR count). The van der Waals surface area contributed by atoms with Crippen LogP contribution in [0.4, 0.5) is 0 Å². The van der Waals surface area contributed by atoms with Gasteiger partial charge < -0.3 is 10.5 Å². The van der Waals surface area contributed by atoms with Crippen LogP contribution >= 0.6 is 11.3 Å². The Kier molecular flexibility index (Phi) is 5.25. The Balaban J connectivity index is 1.92. The maximum absolute atomic E-state index is 7.03. The van der Waals surface area contributed by atoms with Crippen LogP contribution in [0, 0.1) is 5.41 Å². The molecule has 4 heteroatoms. The highest BCUT2D eigenvalue weighted by molar-refractivity contribution is 7.09. The van der Waals surface area contributed by atoms with Gasteiger partial charge in [-0.2, -0.15) is 0 Å². The Labute approximate surface area is 88.4 Å². The molecule has 1 aromatic heterocycles. The second kappa shape index (κ2) is 6.56. The van der Waals surface area contributed by atoms with Crippen molar-refractivity contribution in [2.45, 2.75) is 25.9 Å². The smallest absolute Gasteiger partial charge is 0.0905 e. The molecule has 0 unspecified atom stereocenters. The second-order valence-corrected chi connectivity index (χ2v) is 4.15. The van der Waals surface area contributed by atoms with Crippen molar-refractivity contribution in [3.8, 4) is 0 Å². The summed E-state index contributed by atoms with van der Waals surface area (Å²) in [5.74, 6) is 0.267. The quantitative estimate of drug-likeness (QED) is 0.414. The van der Waals surface area contributed by atoms with Crippen molar-refractivity contribution in [3.63, 3.8) is 0 Å². The van der Waals surface area contributed by atoms with Crippen molar-refractivity contribution in [2.75, 3.05) is 6.61 Å². The number of thiophene rings is 1. The zero-order valence-electron chi connectivity index (χ0n) is 8.16. The molecule has 0 saturated carbocycles. The lowest BCUT2D eigenvalue weighted by atomic mass is 10.2. The highest BCUT2D eigenvalue weighted by atomic mass is 32.1. The first-order valence-electron chi connectivity index (χ1n) is 4.72. The van der Waals surface area contributed by atoms with Crippen LogP contribution in [0.3, 0.4) is 0 Å². The number of hydrogen-bond donors (Lipinski definition) is 2. The molecule has 1 heterocycles. The zero-order chi connectivity index (χ0) is 10.2. The standard InChI is InChI=1S/C10H16N2OS/c11-10(12)5-1-2-6-13-8-9-4-3-7-14-9/h3-4,7H,1-2,5-6,8H2,(H3,11,12). The molecule has 0 atom stereocenters. The van der Waals surface area contributed by atoms with E-state index in [1.165, 1.54) is 4.88 Å². The minimum atomic E-state index is 0.267. The van der Waals surface area contributed by atoms with Crippen molar-refractivity contribution >= 4 is 17.2 Å². The summed E-state index contributed by atoms with van der Waals surface area (Å²) in [7, 11) is 0. The monoisotopic (exact) mass is 212 g/mol. The van der Waals surface area contributed by atoms with Crippen molar-refractivity contribution in [1.29, 1.82) is 5.41 Å². The molecule has 3 nitrogen and oxygen atoms in total. The van der Waals surface area contributed by atoms with Crippen molar-refractivity contribution in [2.24, 2.45) is 5.73 Å². The van der Waals surface area contributed by atoms with Crippen LogP contribution in [0.25, 0.3) is 0 Å². The fraction of sp³-hybridized carbons (Fsp3) is 0.500. The molecular formula is C10H16N2OS. The fourth-order valence-electron chi connectivity index (χ4n) is 1.09. The van der Waals surface area contributed by atoms with Crippen molar-refractivity contribution in [3.05, 3.63) is 22.4 Å². The third-order valence-corrected chi connectivity index (χ3v) is 2.66. The van der Waals surface area contributed by atoms with E-state index in [1.807, 2.05) is 6.07 Å². The van der Waals surface area contributed by atoms with Gasteiger partial charge in [-0.15, -0.1) is 11.3 Å². The Morgan fingerprint density at radius 1 is 1.50 bits per heavy atom. The van der Waals surface area contributed by atoms with Crippen molar-refractivity contribution in [1.82, 2.24) is 0 Å². The van der Waals surface area contributed by atoms with Crippen LogP contribution in [0.1, 0.15) is 24.1 Å². The average Bonchev–Trinajstić information content (AvgIpc) is 2.63. The Morgan fingerprint density at radius 2 is 2.36 bits per heavy atom. The average molecular weight is 212 g/mol. The maximum atomic E-state index is 7.03. The Bertz CT molecular complexity index is 259. The Morgan fingerprint density at radius 3 is 3.00 bits per heavy atom. The molecular weight excluding hydrogens is 196 g/mol. The first-order chi connectivity index (χ1) is 6.79. The summed E-state index contributed by atoms with van der Waals surface area (Å²) in [5.41, 5.74) is 5.23. The van der Waals surface area contributed by atoms with Crippen LogP contribution in [0.5, 0.6) is 0 Å². The summed E-state index contributed by atoms with van der Waals surface area (Å²) in [5, 5.41) is 9.08. The molecule has 0 amide bonds. The van der Waals surface area contributed by atoms with E-state index in [9.17, 15) is 0 Å². The van der Waals surface area contributed by atoms with E-state index in [1.54, 1.807) is 11.3 Å². The van der Waals surface area contributed by atoms with Gasteiger partial charge in [0.1, 0.15) is 0 Å². The molecule has 0 bridgehead atoms. The highest BCUT2D eigenvalue weighted by Crippen LogP contribution is 2.09. The molecule has 0 aliphatic heterocycles. The predicted octanol–water partition coefficient (Wildman–Crippen LogP) is 2.37. The second-order valence-electron chi connectivity index (χ2n) is 3.11. The van der Waals surface area contributed by atoms with Crippen molar-refractivity contribution < 1.29 is 4.74 Å². The SMILES string of the molecule is N=C(N)CCCCOCc1cccs1. The normalized spacial score (nSPS) is 10.3. The van der Waals surface area contributed by atoms with Gasteiger partial charge >= 0.3 is 0 Å². The lowest BCUT2D eigenvalue weighted by Crippen LogP contribution is -2.09. The van der Waals surface area contributed by atoms with E-state index in [4.69, 9.17) is 15.9 Å². The lowest BCUT2D eigenvalue weighted by molar-refractivity contribution is 0.119. The van der Waals surface area contributed by atoms with Gasteiger partial charge in [0.15, 0.2) is 0 Å². The number of ether oxygens (including phenoxy) is 1. The van der Waals surface area contributed by atoms with Gasteiger partial charge in [-0.05, 0) is 24.3 Å². The first-order valence-corrected chi connectivity index (χ1v) is 5.60. The third-order valence-electron chi connectivity index (χ3n) is 1.81. The van der Waals surface area contributed by atoms with Gasteiger partial charge in [0.05, 0.1) is 12.4 Å². The number of amidine groups is 1. The molecule has 14 heavy (non-hydrogen) atoms. The topological polar surface area (TPSA) is 59.1 Å². The van der Waals surface area contributed by atoms with Gasteiger partial charge in [0.2, 0.25) is 0 Å². The van der Waals surface area contributed by atoms with Gasteiger partial charge in [-0.1, -0.05) is 6.07 Å². The summed E-state index contributed by atoms with van der Waals surface area (Å²) in [6.07, 6.45) is 2.60. The molecule has 0 aliphatic rings. The molecule has 0 radical (unpaired) electrons. The minimum absolute atomic E-state index is 0.267. The van der Waals surface area contributed by atoms with Crippen LogP contribution < -0.4 is 5.73 Å². The molecule has 0 aromatic carbocycles. The van der Waals surface area contributed by atoms with E-state index < -0.39 is 0 Å². The van der Waals surface area contributed by atoms with Gasteiger partial charge in [0, 0.05) is 17.9 Å². The number of nitrogens with one attached hydrogen (secondary N) is 1. The molecule has 1 aromatic rings. The lowest BCUT2D eigenvalue weighted by Gasteiger charge is -2.01. The molecule has 0 fully saturated rings. The van der Waals surface area contributed by atoms with Crippen LogP contribution in [-0.4, -0.2) is 12.4 Å². The molecule has 3 N–H and O–H groups in total. The van der Waals surface area contributed by atoms with E-state index in [0.717, 1.165) is 19.4 Å². The summed E-state index contributed by atoms with van der Waals surface area (Å²) in [6, 6.07) is 4.10. The van der Waals surface area contributed by atoms with E-state index in [2.05, 4.69) is 11.4 Å².